The molecule has 1 N–H and O–H groups in total. The van der Waals surface area contributed by atoms with Gasteiger partial charge in [-0.3, -0.25) is 0 Å². The Bertz CT molecular complexity index is 325. The summed E-state index contributed by atoms with van der Waals surface area (Å²) in [6, 6.07) is 3.35. The highest BCUT2D eigenvalue weighted by molar-refractivity contribution is 6.31. The normalized spacial score (nSPS) is 11.5. The molecule has 0 aliphatic heterocycles. The van der Waals surface area contributed by atoms with Crippen LogP contribution in [0.15, 0.2) is 18.2 Å². The van der Waals surface area contributed by atoms with Crippen molar-refractivity contribution >= 4 is 11.6 Å². The summed E-state index contributed by atoms with van der Waals surface area (Å²) < 4.78 is 38.9. The Hall–Kier alpha value is -0.940. The predicted octanol–water partition coefficient (Wildman–Crippen LogP) is 2.73. The molecular weight excluding hydrogens is 221 g/mol. The number of rotatable bonds is 2. The van der Waals surface area contributed by atoms with Crippen LogP contribution >= 0.6 is 11.6 Å². The molecule has 0 atom stereocenters. The molecule has 0 unspecified atom stereocenters. The summed E-state index contributed by atoms with van der Waals surface area (Å²) in [6.45, 7) is -0.437. The highest BCUT2D eigenvalue weighted by atomic mass is 35.5. The smallest absolute Gasteiger partial charge is 0.406 e. The van der Waals surface area contributed by atoms with Gasteiger partial charge in [0.25, 0.3) is 0 Å². The Balaban J connectivity index is 2.90. The van der Waals surface area contributed by atoms with Gasteiger partial charge in [-0.25, -0.2) is 0 Å². The number of halogens is 4. The molecule has 0 heterocycles. The quantitative estimate of drug-likeness (QED) is 0.840. The Morgan fingerprint density at radius 2 is 2.00 bits per heavy atom. The molecule has 0 bridgehead atoms. The van der Waals surface area contributed by atoms with Crippen LogP contribution in [-0.4, -0.2) is 11.5 Å². The number of aliphatic hydroxyl groups is 1. The molecular formula is C8H6ClF3O2. The molecule has 2 nitrogen and oxygen atoms in total. The summed E-state index contributed by atoms with van der Waals surface area (Å²) in [5, 5.41) is 8.92. The minimum atomic E-state index is -4.74. The maximum Gasteiger partial charge on any atom is 0.573 e. The first kappa shape index (κ1) is 11.1. The van der Waals surface area contributed by atoms with Gasteiger partial charge < -0.3 is 9.84 Å². The van der Waals surface area contributed by atoms with Crippen LogP contribution in [0.3, 0.4) is 0 Å². The second-order valence-corrected chi connectivity index (χ2v) is 2.87. The first-order chi connectivity index (χ1) is 6.42. The number of aliphatic hydroxyl groups excluding tert-OH is 1. The zero-order chi connectivity index (χ0) is 10.8. The fourth-order valence-electron chi connectivity index (χ4n) is 0.869. The number of alkyl halides is 3. The Morgan fingerprint density at radius 3 is 2.50 bits per heavy atom. The molecule has 1 aromatic rings. The molecule has 0 saturated heterocycles. The highest BCUT2D eigenvalue weighted by Gasteiger charge is 2.31. The van der Waals surface area contributed by atoms with E-state index >= 15 is 0 Å². The number of benzene rings is 1. The van der Waals surface area contributed by atoms with Crippen LogP contribution in [0, 0.1) is 0 Å². The Morgan fingerprint density at radius 1 is 1.36 bits per heavy atom. The van der Waals surface area contributed by atoms with Crippen LogP contribution < -0.4 is 4.74 Å². The third-order valence-corrected chi connectivity index (χ3v) is 1.79. The number of ether oxygens (including phenoxy) is 1. The number of hydrogen-bond acceptors (Lipinski definition) is 2. The van der Waals surface area contributed by atoms with Crippen LogP contribution in [0.2, 0.25) is 5.02 Å². The van der Waals surface area contributed by atoms with Gasteiger partial charge in [0.1, 0.15) is 5.75 Å². The van der Waals surface area contributed by atoms with E-state index in [4.69, 9.17) is 16.7 Å². The van der Waals surface area contributed by atoms with Crippen molar-refractivity contribution in [2.24, 2.45) is 0 Å². The average Bonchev–Trinajstić information content (AvgIpc) is 2.06. The molecule has 1 aromatic carbocycles. The van der Waals surface area contributed by atoms with Crippen LogP contribution in [-0.2, 0) is 6.61 Å². The van der Waals surface area contributed by atoms with Gasteiger partial charge >= 0.3 is 6.36 Å². The van der Waals surface area contributed by atoms with Crippen molar-refractivity contribution in [1.29, 1.82) is 0 Å². The Kier molecular flexibility index (Phi) is 3.23. The SMILES string of the molecule is OCc1cc(OC(F)(F)F)ccc1Cl. The summed E-state index contributed by atoms with van der Waals surface area (Å²) >= 11 is 5.57. The lowest BCUT2D eigenvalue weighted by Crippen LogP contribution is -2.17. The fourth-order valence-corrected chi connectivity index (χ4v) is 1.05. The molecule has 78 valence electrons. The van der Waals surface area contributed by atoms with Crippen molar-refractivity contribution < 1.29 is 23.0 Å². The van der Waals surface area contributed by atoms with Gasteiger partial charge in [-0.15, -0.1) is 13.2 Å². The fraction of sp³-hybridized carbons (Fsp3) is 0.250. The maximum absolute atomic E-state index is 11.8. The van der Waals surface area contributed by atoms with E-state index in [9.17, 15) is 13.2 Å². The lowest BCUT2D eigenvalue weighted by Gasteiger charge is -2.10. The van der Waals surface area contributed by atoms with Crippen molar-refractivity contribution in [1.82, 2.24) is 0 Å². The standard InChI is InChI=1S/C8H6ClF3O2/c9-7-2-1-6(3-5(7)4-13)14-8(10,11)12/h1-3,13H,4H2. The topological polar surface area (TPSA) is 29.5 Å². The molecule has 0 aliphatic carbocycles. The zero-order valence-corrected chi connectivity index (χ0v) is 7.56. The van der Waals surface area contributed by atoms with Crippen molar-refractivity contribution in [2.45, 2.75) is 13.0 Å². The molecule has 6 heteroatoms. The molecule has 0 spiro atoms. The summed E-state index contributed by atoms with van der Waals surface area (Å²) in [5.41, 5.74) is 0.188. The van der Waals surface area contributed by atoms with Gasteiger partial charge in [0.2, 0.25) is 0 Å². The van der Waals surface area contributed by atoms with Crippen LogP contribution in [0.25, 0.3) is 0 Å². The van der Waals surface area contributed by atoms with E-state index in [0.717, 1.165) is 12.1 Å². The van der Waals surface area contributed by atoms with Gasteiger partial charge in [-0.1, -0.05) is 11.6 Å². The van der Waals surface area contributed by atoms with Crippen molar-refractivity contribution in [3.8, 4) is 5.75 Å². The second kappa shape index (κ2) is 4.06. The van der Waals surface area contributed by atoms with Gasteiger partial charge in [0, 0.05) is 5.02 Å². The van der Waals surface area contributed by atoms with Crippen LogP contribution in [0.5, 0.6) is 5.75 Å². The summed E-state index contributed by atoms with van der Waals surface area (Å²) in [4.78, 5) is 0. The van der Waals surface area contributed by atoms with E-state index < -0.39 is 18.7 Å². The maximum atomic E-state index is 11.8. The van der Waals surface area contributed by atoms with Gasteiger partial charge in [0.05, 0.1) is 6.61 Å². The third-order valence-electron chi connectivity index (χ3n) is 1.42. The molecule has 14 heavy (non-hydrogen) atoms. The first-order valence-electron chi connectivity index (χ1n) is 3.57. The third kappa shape index (κ3) is 3.08. The zero-order valence-electron chi connectivity index (χ0n) is 6.81. The lowest BCUT2D eigenvalue weighted by molar-refractivity contribution is -0.274. The summed E-state index contributed by atoms with van der Waals surface area (Å²) in [5.74, 6) is -0.397. The largest absolute Gasteiger partial charge is 0.573 e. The van der Waals surface area contributed by atoms with E-state index in [1.54, 1.807) is 0 Å². The van der Waals surface area contributed by atoms with E-state index in [0.29, 0.717) is 0 Å². The molecule has 0 aromatic heterocycles. The van der Waals surface area contributed by atoms with Gasteiger partial charge in [-0.05, 0) is 23.8 Å². The van der Waals surface area contributed by atoms with Crippen LogP contribution in [0.1, 0.15) is 5.56 Å². The molecule has 0 fully saturated rings. The van der Waals surface area contributed by atoms with E-state index in [2.05, 4.69) is 4.74 Å². The predicted molar refractivity (Wildman–Crippen MR) is 44.1 cm³/mol. The Labute approximate surface area is 82.9 Å². The van der Waals surface area contributed by atoms with Crippen LogP contribution in [0.4, 0.5) is 13.2 Å². The summed E-state index contributed by atoms with van der Waals surface area (Å²) in [6.07, 6.45) is -4.74. The monoisotopic (exact) mass is 226 g/mol. The van der Waals surface area contributed by atoms with Gasteiger partial charge in [0.15, 0.2) is 0 Å². The minimum absolute atomic E-state index is 0.188. The van der Waals surface area contributed by atoms with Crippen molar-refractivity contribution in [3.05, 3.63) is 28.8 Å². The number of hydrogen-bond donors (Lipinski definition) is 1. The second-order valence-electron chi connectivity index (χ2n) is 2.46. The van der Waals surface area contributed by atoms with E-state index in [1.807, 2.05) is 0 Å². The lowest BCUT2D eigenvalue weighted by atomic mass is 10.2. The first-order valence-corrected chi connectivity index (χ1v) is 3.95. The van der Waals surface area contributed by atoms with Crippen molar-refractivity contribution in [3.63, 3.8) is 0 Å². The summed E-state index contributed by atoms with van der Waals surface area (Å²) in [7, 11) is 0. The average molecular weight is 227 g/mol. The molecule has 1 rings (SSSR count). The van der Waals surface area contributed by atoms with Crippen molar-refractivity contribution in [2.75, 3.05) is 0 Å². The molecule has 0 amide bonds. The minimum Gasteiger partial charge on any atom is -0.406 e. The van der Waals surface area contributed by atoms with E-state index in [-0.39, 0.29) is 10.6 Å². The molecule has 0 aliphatic rings. The molecule has 0 radical (unpaired) electrons. The molecule has 0 saturated carbocycles. The highest BCUT2D eigenvalue weighted by Crippen LogP contribution is 2.26. The van der Waals surface area contributed by atoms with Gasteiger partial charge in [-0.2, -0.15) is 0 Å². The van der Waals surface area contributed by atoms with E-state index in [1.165, 1.54) is 6.07 Å².